The van der Waals surface area contributed by atoms with Crippen LogP contribution in [0.15, 0.2) is 11.6 Å². The molecule has 31 heavy (non-hydrogen) atoms. The summed E-state index contributed by atoms with van der Waals surface area (Å²) in [7, 11) is 0. The van der Waals surface area contributed by atoms with Crippen molar-refractivity contribution in [2.75, 3.05) is 6.54 Å². The molecule has 0 amide bonds. The first-order valence-corrected chi connectivity index (χ1v) is 13.3. The van der Waals surface area contributed by atoms with E-state index in [1.54, 1.807) is 0 Å². The Balaban J connectivity index is 1.37. The molecule has 0 spiro atoms. The predicted molar refractivity (Wildman–Crippen MR) is 123 cm³/mol. The van der Waals surface area contributed by atoms with E-state index < -0.39 is 0 Å². The van der Waals surface area contributed by atoms with Gasteiger partial charge in [-0.3, -0.25) is 9.69 Å². The monoisotopic (exact) mass is 429 g/mol. The Labute approximate surface area is 189 Å². The molecule has 0 radical (unpaired) electrons. The highest BCUT2D eigenvalue weighted by molar-refractivity contribution is 5.76. The van der Waals surface area contributed by atoms with E-state index in [1.807, 2.05) is 0 Å². The molecule has 2 saturated carbocycles. The van der Waals surface area contributed by atoms with Gasteiger partial charge in [0.15, 0.2) is 0 Å². The number of fused-ring (bicyclic) bond motifs is 3. The van der Waals surface area contributed by atoms with Crippen molar-refractivity contribution in [3.63, 3.8) is 0 Å². The fourth-order valence-corrected chi connectivity index (χ4v) is 7.20. The summed E-state index contributed by atoms with van der Waals surface area (Å²) in [5.41, 5.74) is 1.37. The summed E-state index contributed by atoms with van der Waals surface area (Å²) in [6.45, 7) is 5.39. The van der Waals surface area contributed by atoms with Gasteiger partial charge in [-0.25, -0.2) is 0 Å². The molecule has 4 nitrogen and oxygen atoms in total. The lowest BCUT2D eigenvalue weighted by Crippen LogP contribution is -2.49. The molecule has 0 aromatic carbocycles. The van der Waals surface area contributed by atoms with Crippen LogP contribution in [-0.4, -0.2) is 47.3 Å². The zero-order valence-electron chi connectivity index (χ0n) is 19.8. The lowest BCUT2D eigenvalue weighted by Gasteiger charge is -2.43. The second-order valence-electron chi connectivity index (χ2n) is 11.4. The van der Waals surface area contributed by atoms with E-state index in [0.717, 1.165) is 32.2 Å². The third kappa shape index (κ3) is 4.62. The number of carbonyl (C=O) groups excluding carboxylic acids is 1. The van der Waals surface area contributed by atoms with Crippen LogP contribution >= 0.6 is 0 Å². The number of ether oxygens (including phenoxy) is 2. The van der Waals surface area contributed by atoms with Crippen LogP contribution in [0, 0.1) is 11.8 Å². The fraction of sp³-hybridized carbons (Fsp3) is 0.889. The van der Waals surface area contributed by atoms with E-state index in [-0.39, 0.29) is 29.7 Å². The lowest BCUT2D eigenvalue weighted by atomic mass is 9.79. The Bertz CT molecular complexity index is 660. The van der Waals surface area contributed by atoms with Gasteiger partial charge in [-0.05, 0) is 65.2 Å². The SMILES string of the molecule is CC1=CCC[C@@]2(C)O[C@H]2[C@H]2OC(=O)[C@@H](CN(C3CCCCC3)C3CCCCC3)[C@@H]2CC1. The summed E-state index contributed by atoms with van der Waals surface area (Å²) in [4.78, 5) is 16.1. The maximum Gasteiger partial charge on any atom is 0.311 e. The third-order valence-corrected chi connectivity index (χ3v) is 9.23. The predicted octanol–water partition coefficient (Wildman–Crippen LogP) is 5.79. The molecule has 174 valence electrons. The molecule has 3 aliphatic carbocycles. The van der Waals surface area contributed by atoms with Crippen LogP contribution in [0.4, 0.5) is 0 Å². The summed E-state index contributed by atoms with van der Waals surface area (Å²) in [6, 6.07) is 1.35. The molecule has 4 heteroatoms. The summed E-state index contributed by atoms with van der Waals surface area (Å²) < 4.78 is 12.3. The second kappa shape index (κ2) is 9.17. The summed E-state index contributed by atoms with van der Waals surface area (Å²) in [5.74, 6) is 0.385. The van der Waals surface area contributed by atoms with Crippen molar-refractivity contribution in [2.45, 2.75) is 134 Å². The normalized spacial score (nSPS) is 40.1. The summed E-state index contributed by atoms with van der Waals surface area (Å²) >= 11 is 0. The van der Waals surface area contributed by atoms with Crippen molar-refractivity contribution in [1.29, 1.82) is 0 Å². The maximum absolute atomic E-state index is 13.3. The van der Waals surface area contributed by atoms with Crippen LogP contribution in [0.25, 0.3) is 0 Å². The largest absolute Gasteiger partial charge is 0.459 e. The topological polar surface area (TPSA) is 42.1 Å². The zero-order chi connectivity index (χ0) is 21.4. The van der Waals surface area contributed by atoms with Crippen LogP contribution in [-0.2, 0) is 14.3 Å². The van der Waals surface area contributed by atoms with Gasteiger partial charge < -0.3 is 9.47 Å². The van der Waals surface area contributed by atoms with Gasteiger partial charge in [-0.2, -0.15) is 0 Å². The molecule has 5 aliphatic rings. The van der Waals surface area contributed by atoms with E-state index >= 15 is 0 Å². The van der Waals surface area contributed by atoms with Crippen molar-refractivity contribution in [3.8, 4) is 0 Å². The molecule has 2 heterocycles. The minimum Gasteiger partial charge on any atom is -0.459 e. The lowest BCUT2D eigenvalue weighted by molar-refractivity contribution is -0.145. The van der Waals surface area contributed by atoms with Gasteiger partial charge in [-0.15, -0.1) is 0 Å². The smallest absolute Gasteiger partial charge is 0.311 e. The number of rotatable bonds is 4. The Kier molecular flexibility index (Phi) is 6.49. The molecule has 0 aromatic heterocycles. The van der Waals surface area contributed by atoms with E-state index in [0.29, 0.717) is 18.0 Å². The molecule has 2 saturated heterocycles. The molecule has 0 aromatic rings. The van der Waals surface area contributed by atoms with Crippen LogP contribution in [0.2, 0.25) is 0 Å². The van der Waals surface area contributed by atoms with Crippen molar-refractivity contribution < 1.29 is 14.3 Å². The maximum atomic E-state index is 13.3. The fourth-order valence-electron chi connectivity index (χ4n) is 7.20. The van der Waals surface area contributed by atoms with E-state index in [1.165, 1.54) is 69.8 Å². The molecule has 0 N–H and O–H groups in total. The first-order chi connectivity index (χ1) is 15.0. The van der Waals surface area contributed by atoms with Crippen molar-refractivity contribution in [1.82, 2.24) is 4.90 Å². The van der Waals surface area contributed by atoms with Crippen LogP contribution < -0.4 is 0 Å². The minimum absolute atomic E-state index is 0.0227. The van der Waals surface area contributed by atoms with Crippen LogP contribution in [0.3, 0.4) is 0 Å². The third-order valence-electron chi connectivity index (χ3n) is 9.23. The molecule has 2 aliphatic heterocycles. The van der Waals surface area contributed by atoms with Crippen LogP contribution in [0.5, 0.6) is 0 Å². The molecule has 5 rings (SSSR count). The standard InChI is InChI=1S/C27H43NO3/c1-19-10-9-17-27(2)25(31-27)24-22(16-15-19)23(26(29)30-24)18-28(20-11-5-3-6-12-20)21-13-7-4-8-14-21/h10,20-25H,3-9,11-18H2,1-2H3/t22-,23-,24-,25-,27+/m0/s1. The number of hydrogen-bond acceptors (Lipinski definition) is 4. The quantitative estimate of drug-likeness (QED) is 0.322. The van der Waals surface area contributed by atoms with Crippen molar-refractivity contribution in [3.05, 3.63) is 11.6 Å². The summed E-state index contributed by atoms with van der Waals surface area (Å²) in [6.07, 6.45) is 20.2. The van der Waals surface area contributed by atoms with Gasteiger partial charge in [0, 0.05) is 24.5 Å². The first-order valence-electron chi connectivity index (χ1n) is 13.3. The van der Waals surface area contributed by atoms with Crippen molar-refractivity contribution >= 4 is 5.97 Å². The molecule has 0 bridgehead atoms. The molecule has 4 fully saturated rings. The number of nitrogens with zero attached hydrogens (tertiary/aromatic N) is 1. The number of epoxide rings is 1. The van der Waals surface area contributed by atoms with E-state index in [2.05, 4.69) is 24.8 Å². The Hall–Kier alpha value is -0.870. The molecular weight excluding hydrogens is 386 g/mol. The van der Waals surface area contributed by atoms with Gasteiger partial charge in [0.1, 0.15) is 12.2 Å². The zero-order valence-corrected chi connectivity index (χ0v) is 19.8. The van der Waals surface area contributed by atoms with Gasteiger partial charge in [0.2, 0.25) is 0 Å². The average molecular weight is 430 g/mol. The Morgan fingerprint density at radius 1 is 1.00 bits per heavy atom. The highest BCUT2D eigenvalue weighted by Crippen LogP contribution is 2.50. The van der Waals surface area contributed by atoms with Gasteiger partial charge in [0.25, 0.3) is 0 Å². The minimum atomic E-state index is -0.0986. The molecule has 5 atom stereocenters. The van der Waals surface area contributed by atoms with E-state index in [9.17, 15) is 4.79 Å². The number of allylic oxidation sites excluding steroid dienone is 2. The average Bonchev–Trinajstić information content (AvgIpc) is 3.36. The van der Waals surface area contributed by atoms with Gasteiger partial charge >= 0.3 is 5.97 Å². The highest BCUT2D eigenvalue weighted by Gasteiger charge is 2.62. The Morgan fingerprint density at radius 2 is 1.65 bits per heavy atom. The molecular formula is C27H43NO3. The van der Waals surface area contributed by atoms with Crippen molar-refractivity contribution in [2.24, 2.45) is 11.8 Å². The molecule has 0 unspecified atom stereocenters. The second-order valence-corrected chi connectivity index (χ2v) is 11.4. The number of hydrogen-bond donors (Lipinski definition) is 0. The summed E-state index contributed by atoms with van der Waals surface area (Å²) in [5, 5.41) is 0. The Morgan fingerprint density at radius 3 is 2.29 bits per heavy atom. The van der Waals surface area contributed by atoms with E-state index in [4.69, 9.17) is 9.47 Å². The van der Waals surface area contributed by atoms with Gasteiger partial charge in [-0.1, -0.05) is 50.2 Å². The van der Waals surface area contributed by atoms with Crippen LogP contribution in [0.1, 0.15) is 104 Å². The number of carbonyl (C=O) groups is 1. The highest BCUT2D eigenvalue weighted by atomic mass is 16.6. The number of esters is 1. The van der Waals surface area contributed by atoms with Gasteiger partial charge in [0.05, 0.1) is 11.5 Å². The first kappa shape index (κ1) is 21.9.